The second-order valence-corrected chi connectivity index (χ2v) is 8.28. The number of ether oxygens (including phenoxy) is 1. The molecule has 0 radical (unpaired) electrons. The Morgan fingerprint density at radius 1 is 0.931 bits per heavy atom. The van der Waals surface area contributed by atoms with Crippen molar-refractivity contribution < 1.29 is 29.6 Å². The molecule has 0 aromatic heterocycles. The molecule has 1 aliphatic rings. The molecule has 2 aromatic carbocycles. The third kappa shape index (κ3) is 6.52. The van der Waals surface area contributed by atoms with Gasteiger partial charge in [-0.05, 0) is 54.9 Å². The van der Waals surface area contributed by atoms with Crippen molar-refractivity contribution in [3.63, 3.8) is 0 Å². The normalized spacial score (nSPS) is 20.1. The van der Waals surface area contributed by atoms with E-state index < -0.39 is 11.9 Å². The number of carboxylic acid groups (broad SMARTS) is 2. The highest BCUT2D eigenvalue weighted by Gasteiger charge is 2.33. The molecule has 0 heterocycles. The highest BCUT2D eigenvalue weighted by atomic mass is 16.5. The maximum absolute atomic E-state index is 11.2. The lowest BCUT2D eigenvalue weighted by molar-refractivity contribution is 0.0532. The second kappa shape index (κ2) is 9.45. The second-order valence-electron chi connectivity index (χ2n) is 8.28. The van der Waals surface area contributed by atoms with E-state index in [0.29, 0.717) is 11.7 Å². The van der Waals surface area contributed by atoms with Crippen LogP contribution in [0.15, 0.2) is 48.5 Å². The first-order valence-corrected chi connectivity index (χ1v) is 9.59. The SMILES string of the molecule is CC1CC(Oc2ccccc2C(=O)O)CC(C)(C)C1.O=C(O)c1ccccc1O. The Hall–Kier alpha value is -3.02. The van der Waals surface area contributed by atoms with Crippen molar-refractivity contribution in [1.29, 1.82) is 0 Å². The van der Waals surface area contributed by atoms with Crippen molar-refractivity contribution in [3.8, 4) is 11.5 Å². The van der Waals surface area contributed by atoms with E-state index in [4.69, 9.17) is 20.1 Å². The van der Waals surface area contributed by atoms with E-state index in [9.17, 15) is 9.59 Å². The molecule has 3 rings (SSSR count). The van der Waals surface area contributed by atoms with Crippen molar-refractivity contribution in [2.75, 3.05) is 0 Å². The van der Waals surface area contributed by atoms with Crippen LogP contribution in [-0.4, -0.2) is 33.4 Å². The Bertz CT molecular complexity index is 858. The van der Waals surface area contributed by atoms with Gasteiger partial charge < -0.3 is 20.1 Å². The lowest BCUT2D eigenvalue weighted by Crippen LogP contribution is -2.34. The number of aromatic hydroxyl groups is 1. The Kier molecular flexibility index (Phi) is 7.26. The van der Waals surface area contributed by atoms with E-state index in [-0.39, 0.29) is 28.4 Å². The zero-order valence-electron chi connectivity index (χ0n) is 17.0. The number of carbonyl (C=O) groups is 2. The smallest absolute Gasteiger partial charge is 0.339 e. The molecule has 0 amide bonds. The predicted molar refractivity (Wildman–Crippen MR) is 110 cm³/mol. The molecule has 0 saturated heterocycles. The summed E-state index contributed by atoms with van der Waals surface area (Å²) in [7, 11) is 0. The van der Waals surface area contributed by atoms with Gasteiger partial charge in [0.15, 0.2) is 0 Å². The Morgan fingerprint density at radius 3 is 2.00 bits per heavy atom. The Balaban J connectivity index is 0.000000253. The number of rotatable bonds is 4. The van der Waals surface area contributed by atoms with Gasteiger partial charge >= 0.3 is 11.9 Å². The van der Waals surface area contributed by atoms with Crippen LogP contribution in [0.4, 0.5) is 0 Å². The number of benzene rings is 2. The lowest BCUT2D eigenvalue weighted by Gasteiger charge is -2.39. The predicted octanol–water partition coefficient (Wildman–Crippen LogP) is 5.07. The summed E-state index contributed by atoms with van der Waals surface area (Å²) in [5, 5.41) is 26.5. The van der Waals surface area contributed by atoms with Gasteiger partial charge in [-0.15, -0.1) is 0 Å². The number of phenols is 1. The van der Waals surface area contributed by atoms with Crippen LogP contribution < -0.4 is 4.74 Å². The fraction of sp³-hybridized carbons (Fsp3) is 0.391. The van der Waals surface area contributed by atoms with Gasteiger partial charge in [-0.25, -0.2) is 9.59 Å². The minimum absolute atomic E-state index is 0.0671. The van der Waals surface area contributed by atoms with E-state index in [0.717, 1.165) is 12.8 Å². The molecule has 1 aliphatic carbocycles. The quantitative estimate of drug-likeness (QED) is 0.662. The minimum Gasteiger partial charge on any atom is -0.507 e. The van der Waals surface area contributed by atoms with Crippen molar-refractivity contribution in [2.24, 2.45) is 11.3 Å². The average molecular weight is 400 g/mol. The van der Waals surface area contributed by atoms with Gasteiger partial charge in [-0.3, -0.25) is 0 Å². The zero-order chi connectivity index (χ0) is 21.6. The highest BCUT2D eigenvalue weighted by Crippen LogP contribution is 2.40. The summed E-state index contributed by atoms with van der Waals surface area (Å²) in [5.41, 5.74) is 0.446. The van der Waals surface area contributed by atoms with Crippen LogP contribution in [0.25, 0.3) is 0 Å². The van der Waals surface area contributed by atoms with E-state index in [1.807, 2.05) is 6.07 Å². The van der Waals surface area contributed by atoms with Crippen molar-refractivity contribution in [1.82, 2.24) is 0 Å². The van der Waals surface area contributed by atoms with Gasteiger partial charge in [0.25, 0.3) is 0 Å². The maximum Gasteiger partial charge on any atom is 0.339 e. The van der Waals surface area contributed by atoms with Gasteiger partial charge in [0.05, 0.1) is 6.10 Å². The van der Waals surface area contributed by atoms with Crippen LogP contribution in [0.5, 0.6) is 11.5 Å². The summed E-state index contributed by atoms with van der Waals surface area (Å²) in [5.74, 6) is -1.14. The van der Waals surface area contributed by atoms with Crippen LogP contribution in [0.1, 0.15) is 60.7 Å². The number of hydrogen-bond acceptors (Lipinski definition) is 4. The van der Waals surface area contributed by atoms with Crippen LogP contribution in [0, 0.1) is 11.3 Å². The molecular formula is C23H28O6. The first-order chi connectivity index (χ1) is 13.6. The first-order valence-electron chi connectivity index (χ1n) is 9.59. The summed E-state index contributed by atoms with van der Waals surface area (Å²) in [6, 6.07) is 12.7. The molecule has 2 aromatic rings. The van der Waals surface area contributed by atoms with Gasteiger partial charge in [0, 0.05) is 0 Å². The third-order valence-electron chi connectivity index (χ3n) is 4.89. The molecule has 3 N–H and O–H groups in total. The topological polar surface area (TPSA) is 104 Å². The summed E-state index contributed by atoms with van der Waals surface area (Å²) in [6.07, 6.45) is 3.29. The van der Waals surface area contributed by atoms with Crippen molar-refractivity contribution in [2.45, 2.75) is 46.1 Å². The van der Waals surface area contributed by atoms with E-state index in [1.54, 1.807) is 30.3 Å². The van der Waals surface area contributed by atoms with Crippen LogP contribution in [-0.2, 0) is 0 Å². The van der Waals surface area contributed by atoms with Crippen LogP contribution in [0.2, 0.25) is 0 Å². The zero-order valence-corrected chi connectivity index (χ0v) is 17.0. The van der Waals surface area contributed by atoms with E-state index >= 15 is 0 Å². The molecule has 29 heavy (non-hydrogen) atoms. The third-order valence-corrected chi connectivity index (χ3v) is 4.89. The Labute approximate surface area is 170 Å². The molecule has 0 aliphatic heterocycles. The molecule has 6 heteroatoms. The van der Waals surface area contributed by atoms with E-state index in [2.05, 4.69) is 20.8 Å². The maximum atomic E-state index is 11.2. The van der Waals surface area contributed by atoms with Crippen LogP contribution in [0.3, 0.4) is 0 Å². The summed E-state index contributed by atoms with van der Waals surface area (Å²) in [4.78, 5) is 21.4. The molecule has 2 atom stereocenters. The number of aromatic carboxylic acids is 2. The van der Waals surface area contributed by atoms with Crippen molar-refractivity contribution >= 4 is 11.9 Å². The average Bonchev–Trinajstić information content (AvgIpc) is 2.61. The molecule has 2 unspecified atom stereocenters. The fourth-order valence-electron chi connectivity index (χ4n) is 3.93. The largest absolute Gasteiger partial charge is 0.507 e. The first kappa shape index (κ1) is 22.3. The molecule has 1 saturated carbocycles. The van der Waals surface area contributed by atoms with Gasteiger partial charge in [0.2, 0.25) is 0 Å². The Morgan fingerprint density at radius 2 is 1.48 bits per heavy atom. The number of carboxylic acids is 2. The molecule has 0 spiro atoms. The lowest BCUT2D eigenvalue weighted by atomic mass is 9.71. The van der Waals surface area contributed by atoms with Crippen LogP contribution >= 0.6 is 0 Å². The monoisotopic (exact) mass is 400 g/mol. The van der Waals surface area contributed by atoms with E-state index in [1.165, 1.54) is 18.6 Å². The molecule has 1 fully saturated rings. The summed E-state index contributed by atoms with van der Waals surface area (Å²) in [6.45, 7) is 6.74. The standard InChI is InChI=1S/C16H22O3.C7H6O3/c1-11-8-12(10-16(2,3)9-11)19-14-7-5-4-6-13(14)15(17)18;8-6-4-2-1-3-5(6)7(9)10/h4-7,11-12H,8-10H2,1-3H3,(H,17,18);1-4,8H,(H,9,10). The minimum atomic E-state index is -1.11. The van der Waals surface area contributed by atoms with Gasteiger partial charge in [0.1, 0.15) is 22.6 Å². The van der Waals surface area contributed by atoms with Crippen molar-refractivity contribution in [3.05, 3.63) is 59.7 Å². The van der Waals surface area contributed by atoms with Gasteiger partial charge in [-0.1, -0.05) is 45.0 Å². The number of para-hydroxylation sites is 2. The molecule has 0 bridgehead atoms. The fourth-order valence-corrected chi connectivity index (χ4v) is 3.93. The molecule has 6 nitrogen and oxygen atoms in total. The summed E-state index contributed by atoms with van der Waals surface area (Å²) >= 11 is 0. The summed E-state index contributed by atoms with van der Waals surface area (Å²) < 4.78 is 5.97. The number of hydrogen-bond donors (Lipinski definition) is 3. The molecule has 156 valence electrons. The van der Waals surface area contributed by atoms with Gasteiger partial charge in [-0.2, -0.15) is 0 Å². The highest BCUT2D eigenvalue weighted by molar-refractivity contribution is 5.91. The molecular weight excluding hydrogens is 372 g/mol.